The Kier molecular flexibility index (Phi) is 5.08. The van der Waals surface area contributed by atoms with Gasteiger partial charge in [-0.05, 0) is 24.4 Å². The monoisotopic (exact) mass is 358 g/mol. The van der Waals surface area contributed by atoms with Crippen LogP contribution < -0.4 is 9.64 Å². The van der Waals surface area contributed by atoms with Crippen molar-refractivity contribution in [3.63, 3.8) is 0 Å². The number of nitrogens with zero attached hydrogens (tertiary/aromatic N) is 4. The summed E-state index contributed by atoms with van der Waals surface area (Å²) in [6, 6.07) is 5.49. The summed E-state index contributed by atoms with van der Waals surface area (Å²) in [5.74, 6) is 1.54. The summed E-state index contributed by atoms with van der Waals surface area (Å²) >= 11 is 1.51. The van der Waals surface area contributed by atoms with Crippen LogP contribution in [-0.4, -0.2) is 48.2 Å². The summed E-state index contributed by atoms with van der Waals surface area (Å²) in [5.41, 5.74) is 0.612. The highest BCUT2D eigenvalue weighted by Gasteiger charge is 2.17. The first kappa shape index (κ1) is 17.1. The van der Waals surface area contributed by atoms with Crippen LogP contribution >= 0.6 is 11.3 Å². The highest BCUT2D eigenvalue weighted by molar-refractivity contribution is 7.16. The van der Waals surface area contributed by atoms with Crippen molar-refractivity contribution in [2.45, 2.75) is 6.92 Å². The number of carbonyl (C=O) groups excluding carboxylic acids is 1. The SMILES string of the molecule is CCOC(=O)CN(C)c1nc(-c2cc(OC)ccn2)nc2sccc12. The molecule has 8 heteroatoms. The molecule has 0 aliphatic carbocycles. The van der Waals surface area contributed by atoms with Gasteiger partial charge < -0.3 is 14.4 Å². The maximum absolute atomic E-state index is 11.8. The van der Waals surface area contributed by atoms with E-state index in [9.17, 15) is 4.79 Å². The normalized spacial score (nSPS) is 10.7. The number of rotatable bonds is 6. The van der Waals surface area contributed by atoms with E-state index < -0.39 is 0 Å². The molecule has 0 spiro atoms. The van der Waals surface area contributed by atoms with Crippen molar-refractivity contribution < 1.29 is 14.3 Å². The molecular weight excluding hydrogens is 340 g/mol. The molecule has 0 aliphatic rings. The molecule has 0 saturated heterocycles. The number of thiophene rings is 1. The van der Waals surface area contributed by atoms with Crippen LogP contribution in [-0.2, 0) is 9.53 Å². The molecule has 7 nitrogen and oxygen atoms in total. The van der Waals surface area contributed by atoms with E-state index in [2.05, 4.69) is 15.0 Å². The Morgan fingerprint density at radius 3 is 2.92 bits per heavy atom. The maximum atomic E-state index is 11.8. The van der Waals surface area contributed by atoms with Gasteiger partial charge >= 0.3 is 5.97 Å². The quantitative estimate of drug-likeness (QED) is 0.627. The fraction of sp³-hybridized carbons (Fsp3) is 0.294. The second-order valence-corrected chi connectivity index (χ2v) is 6.15. The molecule has 3 rings (SSSR count). The Morgan fingerprint density at radius 1 is 1.32 bits per heavy atom. The van der Waals surface area contributed by atoms with Gasteiger partial charge in [0.15, 0.2) is 5.82 Å². The third-order valence-electron chi connectivity index (χ3n) is 3.53. The first-order valence-electron chi connectivity index (χ1n) is 7.74. The number of hydrogen-bond acceptors (Lipinski definition) is 8. The topological polar surface area (TPSA) is 77.4 Å². The van der Waals surface area contributed by atoms with Crippen molar-refractivity contribution >= 4 is 33.3 Å². The van der Waals surface area contributed by atoms with Gasteiger partial charge in [-0.1, -0.05) is 0 Å². The molecule has 0 amide bonds. The Hall–Kier alpha value is -2.74. The first-order valence-corrected chi connectivity index (χ1v) is 8.62. The first-order chi connectivity index (χ1) is 12.1. The van der Waals surface area contributed by atoms with Crippen LogP contribution in [0.25, 0.3) is 21.7 Å². The van der Waals surface area contributed by atoms with Crippen LogP contribution in [0.5, 0.6) is 5.75 Å². The van der Waals surface area contributed by atoms with Crippen molar-refractivity contribution in [2.75, 3.05) is 32.2 Å². The summed E-state index contributed by atoms with van der Waals surface area (Å²) in [7, 11) is 3.40. The van der Waals surface area contributed by atoms with E-state index in [1.807, 2.05) is 11.4 Å². The fourth-order valence-electron chi connectivity index (χ4n) is 2.38. The van der Waals surface area contributed by atoms with Gasteiger partial charge in [-0.3, -0.25) is 9.78 Å². The van der Waals surface area contributed by atoms with Crippen LogP contribution in [0, 0.1) is 0 Å². The maximum Gasteiger partial charge on any atom is 0.325 e. The zero-order valence-corrected chi connectivity index (χ0v) is 15.0. The molecule has 0 aliphatic heterocycles. The Bertz CT molecular complexity index is 896. The van der Waals surface area contributed by atoms with Crippen LogP contribution in [0.15, 0.2) is 29.8 Å². The van der Waals surface area contributed by atoms with Crippen LogP contribution in [0.4, 0.5) is 5.82 Å². The standard InChI is InChI=1S/C17H18N4O3S/c1-4-24-14(22)10-21(2)16-12-6-8-25-17(12)20-15(19-16)13-9-11(23-3)5-7-18-13/h5-9H,4,10H2,1-3H3. The van der Waals surface area contributed by atoms with Crippen LogP contribution in [0.3, 0.4) is 0 Å². The van der Waals surface area contributed by atoms with E-state index in [0.717, 1.165) is 10.2 Å². The molecule has 0 atom stereocenters. The molecule has 3 aromatic heterocycles. The van der Waals surface area contributed by atoms with Crippen LogP contribution in [0.2, 0.25) is 0 Å². The van der Waals surface area contributed by atoms with E-state index in [0.29, 0.717) is 29.7 Å². The van der Waals surface area contributed by atoms with E-state index in [-0.39, 0.29) is 12.5 Å². The summed E-state index contributed by atoms with van der Waals surface area (Å²) in [5, 5.41) is 2.84. The number of fused-ring (bicyclic) bond motifs is 1. The summed E-state index contributed by atoms with van der Waals surface area (Å²) in [6.07, 6.45) is 1.65. The zero-order chi connectivity index (χ0) is 17.8. The van der Waals surface area contributed by atoms with E-state index in [4.69, 9.17) is 9.47 Å². The van der Waals surface area contributed by atoms with Crippen LogP contribution in [0.1, 0.15) is 6.92 Å². The van der Waals surface area contributed by atoms with Gasteiger partial charge in [-0.15, -0.1) is 11.3 Å². The number of esters is 1. The van der Waals surface area contributed by atoms with Gasteiger partial charge in [0.25, 0.3) is 0 Å². The molecule has 3 heterocycles. The number of likely N-dealkylation sites (N-methyl/N-ethyl adjacent to an activating group) is 1. The second-order valence-electron chi connectivity index (χ2n) is 5.25. The Morgan fingerprint density at radius 2 is 2.16 bits per heavy atom. The molecule has 130 valence electrons. The molecule has 0 unspecified atom stereocenters. The molecule has 0 bridgehead atoms. The number of aromatic nitrogens is 3. The lowest BCUT2D eigenvalue weighted by molar-refractivity contribution is -0.141. The summed E-state index contributed by atoms with van der Waals surface area (Å²) < 4.78 is 10.3. The van der Waals surface area contributed by atoms with Gasteiger partial charge in [-0.25, -0.2) is 9.97 Å². The zero-order valence-electron chi connectivity index (χ0n) is 14.2. The van der Waals surface area contributed by atoms with E-state index >= 15 is 0 Å². The minimum Gasteiger partial charge on any atom is -0.497 e. The van der Waals surface area contributed by atoms with Gasteiger partial charge in [0.1, 0.15) is 28.6 Å². The number of hydrogen-bond donors (Lipinski definition) is 0. The molecule has 0 fully saturated rings. The molecule has 0 radical (unpaired) electrons. The molecule has 3 aromatic rings. The lowest BCUT2D eigenvalue weighted by Gasteiger charge is -2.18. The van der Waals surface area contributed by atoms with Crippen molar-refractivity contribution in [3.05, 3.63) is 29.8 Å². The fourth-order valence-corrected chi connectivity index (χ4v) is 3.14. The molecule has 0 N–H and O–H groups in total. The summed E-state index contributed by atoms with van der Waals surface area (Å²) in [6.45, 7) is 2.25. The number of carbonyl (C=O) groups is 1. The van der Waals surface area contributed by atoms with Crippen molar-refractivity contribution in [1.29, 1.82) is 0 Å². The molecule has 0 saturated carbocycles. The Labute approximate surface area is 149 Å². The largest absolute Gasteiger partial charge is 0.497 e. The highest BCUT2D eigenvalue weighted by Crippen LogP contribution is 2.30. The number of anilines is 1. The van der Waals surface area contributed by atoms with Gasteiger partial charge in [0.2, 0.25) is 0 Å². The highest BCUT2D eigenvalue weighted by atomic mass is 32.1. The predicted octanol–water partition coefficient (Wildman–Crippen LogP) is 2.76. The van der Waals surface area contributed by atoms with Gasteiger partial charge in [-0.2, -0.15) is 0 Å². The average Bonchev–Trinajstić information content (AvgIpc) is 3.09. The predicted molar refractivity (Wildman–Crippen MR) is 97.1 cm³/mol. The molecule has 0 aromatic carbocycles. The lowest BCUT2D eigenvalue weighted by atomic mass is 10.3. The van der Waals surface area contributed by atoms with Crippen molar-refractivity contribution in [3.8, 4) is 17.3 Å². The number of methoxy groups -OCH3 is 1. The molecular formula is C17H18N4O3S. The smallest absolute Gasteiger partial charge is 0.325 e. The van der Waals surface area contributed by atoms with Gasteiger partial charge in [0.05, 0.1) is 19.1 Å². The second kappa shape index (κ2) is 7.43. The van der Waals surface area contributed by atoms with Gasteiger partial charge in [0, 0.05) is 19.3 Å². The van der Waals surface area contributed by atoms with Crippen molar-refractivity contribution in [2.24, 2.45) is 0 Å². The lowest BCUT2D eigenvalue weighted by Crippen LogP contribution is -2.28. The number of ether oxygens (including phenoxy) is 2. The third-order valence-corrected chi connectivity index (χ3v) is 4.34. The Balaban J connectivity index is 2.02. The van der Waals surface area contributed by atoms with E-state index in [1.54, 1.807) is 44.3 Å². The number of pyridine rings is 1. The summed E-state index contributed by atoms with van der Waals surface area (Å²) in [4.78, 5) is 27.9. The molecule has 25 heavy (non-hydrogen) atoms. The van der Waals surface area contributed by atoms with Crippen molar-refractivity contribution in [1.82, 2.24) is 15.0 Å². The third kappa shape index (κ3) is 3.69. The average molecular weight is 358 g/mol. The minimum absolute atomic E-state index is 0.112. The van der Waals surface area contributed by atoms with E-state index in [1.165, 1.54) is 11.3 Å². The minimum atomic E-state index is -0.298.